The van der Waals surface area contributed by atoms with Gasteiger partial charge in [0.1, 0.15) is 6.10 Å². The van der Waals surface area contributed by atoms with Gasteiger partial charge in [0.05, 0.1) is 30.5 Å². The highest BCUT2D eigenvalue weighted by molar-refractivity contribution is 5.26. The summed E-state index contributed by atoms with van der Waals surface area (Å²) >= 11 is 0. The molecule has 0 aromatic rings. The van der Waals surface area contributed by atoms with Crippen LogP contribution in [-0.4, -0.2) is 42.4 Å². The Bertz CT molecular complexity index is 564. The fourth-order valence-electron chi connectivity index (χ4n) is 5.28. The number of hydrogen-bond acceptors (Lipinski definition) is 4. The molecule has 25 heavy (non-hydrogen) atoms. The van der Waals surface area contributed by atoms with Crippen molar-refractivity contribution in [2.45, 2.75) is 84.0 Å². The molecule has 1 heterocycles. The van der Waals surface area contributed by atoms with Crippen LogP contribution in [0.5, 0.6) is 0 Å². The zero-order chi connectivity index (χ0) is 17.9. The highest BCUT2D eigenvalue weighted by Crippen LogP contribution is 2.55. The average molecular weight is 348 g/mol. The molecule has 4 nitrogen and oxygen atoms in total. The predicted octanol–water partition coefficient (Wildman–Crippen LogP) is 3.71. The molecule has 8 atom stereocenters. The van der Waals surface area contributed by atoms with E-state index in [0.717, 1.165) is 0 Å². The second-order valence-electron chi connectivity index (χ2n) is 8.94. The van der Waals surface area contributed by atoms with Crippen LogP contribution in [0.2, 0.25) is 0 Å². The summed E-state index contributed by atoms with van der Waals surface area (Å²) in [5.74, 6) is 0.983. The van der Waals surface area contributed by atoms with Crippen LogP contribution in [0.25, 0.3) is 0 Å². The first-order chi connectivity index (χ1) is 11.8. The molecule has 0 radical (unpaired) electrons. The van der Waals surface area contributed by atoms with E-state index in [1.54, 1.807) is 0 Å². The average Bonchev–Trinajstić information content (AvgIpc) is 2.84. The quantitative estimate of drug-likeness (QED) is 0.726. The van der Waals surface area contributed by atoms with Crippen LogP contribution in [0.4, 0.5) is 0 Å². The van der Waals surface area contributed by atoms with Gasteiger partial charge < -0.3 is 18.9 Å². The second kappa shape index (κ2) is 6.19. The zero-order valence-corrected chi connectivity index (χ0v) is 16.2. The Kier molecular flexibility index (Phi) is 4.39. The van der Waals surface area contributed by atoms with Crippen molar-refractivity contribution < 1.29 is 18.9 Å². The normalized spacial score (nSPS) is 46.7. The van der Waals surface area contributed by atoms with E-state index >= 15 is 0 Å². The number of rotatable bonds is 4. The molecule has 0 N–H and O–H groups in total. The van der Waals surface area contributed by atoms with Gasteiger partial charge in [-0.05, 0) is 47.5 Å². The van der Waals surface area contributed by atoms with Gasteiger partial charge in [-0.3, -0.25) is 0 Å². The minimum absolute atomic E-state index is 0.00480. The molecule has 1 saturated carbocycles. The van der Waals surface area contributed by atoms with Crippen LogP contribution < -0.4 is 0 Å². The van der Waals surface area contributed by atoms with Gasteiger partial charge in [-0.15, -0.1) is 0 Å². The number of allylic oxidation sites excluding steroid dienone is 1. The highest BCUT2D eigenvalue weighted by atomic mass is 16.8. The molecule has 1 saturated heterocycles. The lowest BCUT2D eigenvalue weighted by Crippen LogP contribution is -2.60. The van der Waals surface area contributed by atoms with E-state index < -0.39 is 5.79 Å². The molecule has 140 valence electrons. The first kappa shape index (κ1) is 17.7. The number of hydrogen-bond donors (Lipinski definition) is 0. The highest BCUT2D eigenvalue weighted by Gasteiger charge is 2.61. The third kappa shape index (κ3) is 3.01. The van der Waals surface area contributed by atoms with Gasteiger partial charge in [0, 0.05) is 17.8 Å². The fourth-order valence-corrected chi connectivity index (χ4v) is 5.28. The van der Waals surface area contributed by atoms with E-state index in [2.05, 4.69) is 52.0 Å². The van der Waals surface area contributed by atoms with Gasteiger partial charge in [-0.1, -0.05) is 24.3 Å². The molecule has 4 aliphatic carbocycles. The minimum atomic E-state index is -0.503. The van der Waals surface area contributed by atoms with Crippen LogP contribution in [-0.2, 0) is 18.9 Å². The van der Waals surface area contributed by atoms with E-state index in [1.807, 2.05) is 13.8 Å². The summed E-state index contributed by atoms with van der Waals surface area (Å²) < 4.78 is 25.2. The van der Waals surface area contributed by atoms with Crippen molar-refractivity contribution in [1.82, 2.24) is 0 Å². The summed E-state index contributed by atoms with van der Waals surface area (Å²) in [6.07, 6.45) is 9.95. The zero-order valence-electron chi connectivity index (χ0n) is 16.2. The molecule has 2 fully saturated rings. The third-order valence-electron chi connectivity index (χ3n) is 5.90. The van der Waals surface area contributed by atoms with E-state index in [1.165, 1.54) is 0 Å². The Morgan fingerprint density at radius 3 is 1.96 bits per heavy atom. The first-order valence-electron chi connectivity index (χ1n) is 9.80. The van der Waals surface area contributed by atoms with Gasteiger partial charge in [-0.2, -0.15) is 0 Å². The molecule has 0 aromatic heterocycles. The lowest BCUT2D eigenvalue weighted by atomic mass is 9.56. The summed E-state index contributed by atoms with van der Waals surface area (Å²) in [5.41, 5.74) is 0. The van der Waals surface area contributed by atoms with Gasteiger partial charge in [0.2, 0.25) is 0 Å². The van der Waals surface area contributed by atoms with Gasteiger partial charge in [0.25, 0.3) is 0 Å². The standard InChI is InChI=1S/C21H32O4/c1-11(2)22-16-10-9-13-14-7-8-15(17(13)20(16)23-12(3)4)19-18(14)24-21(5,6)25-19/h7-20H,1-6H3/t13-,14+,15-,16+,17-,18+,19-,20+/m0/s1. The largest absolute Gasteiger partial charge is 0.372 e. The topological polar surface area (TPSA) is 36.9 Å². The maximum atomic E-state index is 6.42. The van der Waals surface area contributed by atoms with Crippen molar-refractivity contribution >= 4 is 0 Å². The third-order valence-corrected chi connectivity index (χ3v) is 5.90. The lowest BCUT2D eigenvalue weighted by Gasteiger charge is -2.54. The van der Waals surface area contributed by atoms with Crippen LogP contribution >= 0.6 is 0 Å². The molecule has 0 amide bonds. The number of ether oxygens (including phenoxy) is 4. The Morgan fingerprint density at radius 2 is 1.32 bits per heavy atom. The molecular weight excluding hydrogens is 316 g/mol. The Hall–Kier alpha value is -0.680. The summed E-state index contributed by atoms with van der Waals surface area (Å²) in [5, 5.41) is 0. The molecule has 5 aliphatic rings. The van der Waals surface area contributed by atoms with Crippen LogP contribution in [0.3, 0.4) is 0 Å². The summed E-state index contributed by atoms with van der Waals surface area (Å²) in [4.78, 5) is 0. The Labute approximate surface area is 151 Å². The van der Waals surface area contributed by atoms with Crippen molar-refractivity contribution in [1.29, 1.82) is 0 Å². The molecule has 1 aliphatic heterocycles. The molecule has 0 unspecified atom stereocenters. The smallest absolute Gasteiger partial charge is 0.163 e. The van der Waals surface area contributed by atoms with Crippen LogP contribution in [0.15, 0.2) is 24.3 Å². The van der Waals surface area contributed by atoms with Crippen LogP contribution in [0, 0.1) is 23.7 Å². The van der Waals surface area contributed by atoms with E-state index in [4.69, 9.17) is 18.9 Å². The summed E-state index contributed by atoms with van der Waals surface area (Å²) in [6.45, 7) is 12.4. The first-order valence-corrected chi connectivity index (χ1v) is 9.80. The van der Waals surface area contributed by atoms with Crippen molar-refractivity contribution in [3.63, 3.8) is 0 Å². The van der Waals surface area contributed by atoms with Crippen molar-refractivity contribution in [2.24, 2.45) is 23.7 Å². The van der Waals surface area contributed by atoms with E-state index in [-0.39, 0.29) is 36.6 Å². The fraction of sp³-hybridized carbons (Fsp3) is 0.810. The summed E-state index contributed by atoms with van der Waals surface area (Å²) in [7, 11) is 0. The van der Waals surface area contributed by atoms with E-state index in [0.29, 0.717) is 23.7 Å². The SMILES string of the molecule is CC(C)O[C@H]1[C@@H]2[C@@H]3C=C[C@H]([C@@H]2C=C[C@H]1OC(C)C)[C@H]1OC(C)(C)O[C@@H]31. The van der Waals surface area contributed by atoms with Crippen molar-refractivity contribution in [2.75, 3.05) is 0 Å². The van der Waals surface area contributed by atoms with E-state index in [9.17, 15) is 0 Å². The van der Waals surface area contributed by atoms with Gasteiger partial charge in [-0.25, -0.2) is 0 Å². The predicted molar refractivity (Wildman–Crippen MR) is 96.1 cm³/mol. The monoisotopic (exact) mass is 348 g/mol. The Morgan fingerprint density at radius 1 is 0.760 bits per heavy atom. The summed E-state index contributed by atoms with van der Waals surface area (Å²) in [6, 6.07) is 0. The molecule has 4 heteroatoms. The maximum absolute atomic E-state index is 6.42. The van der Waals surface area contributed by atoms with Gasteiger partial charge in [0.15, 0.2) is 5.79 Å². The Balaban J connectivity index is 1.67. The maximum Gasteiger partial charge on any atom is 0.163 e. The van der Waals surface area contributed by atoms with Crippen molar-refractivity contribution in [3.8, 4) is 0 Å². The minimum Gasteiger partial charge on any atom is -0.372 e. The molecule has 0 aromatic carbocycles. The van der Waals surface area contributed by atoms with Crippen molar-refractivity contribution in [3.05, 3.63) is 24.3 Å². The molecule has 2 bridgehead atoms. The lowest BCUT2D eigenvalue weighted by molar-refractivity contribution is -0.164. The van der Waals surface area contributed by atoms with Crippen LogP contribution in [0.1, 0.15) is 41.5 Å². The molecular formula is C21H32O4. The molecule has 0 spiro atoms. The van der Waals surface area contributed by atoms with Gasteiger partial charge >= 0.3 is 0 Å². The molecule has 5 rings (SSSR count). The second-order valence-corrected chi connectivity index (χ2v) is 8.94.